The second kappa shape index (κ2) is 3.92. The second-order valence-corrected chi connectivity index (χ2v) is 3.96. The van der Waals surface area contributed by atoms with Crippen molar-refractivity contribution in [3.05, 3.63) is 41.6 Å². The summed E-state index contributed by atoms with van der Waals surface area (Å²) in [7, 11) is 0. The minimum absolute atomic E-state index is 0.00177. The SMILES string of the molecule is Nc1nc(Cl)nc2c1cnn2-c1ccccc1F. The van der Waals surface area contributed by atoms with E-state index in [0.717, 1.165) is 0 Å². The van der Waals surface area contributed by atoms with Crippen LogP contribution in [0.2, 0.25) is 5.28 Å². The summed E-state index contributed by atoms with van der Waals surface area (Å²) in [5.41, 5.74) is 6.36. The summed E-state index contributed by atoms with van der Waals surface area (Å²) < 4.78 is 15.1. The van der Waals surface area contributed by atoms with Crippen LogP contribution in [0, 0.1) is 5.82 Å². The number of fused-ring (bicyclic) bond motifs is 1. The molecule has 90 valence electrons. The van der Waals surface area contributed by atoms with E-state index in [1.807, 2.05) is 0 Å². The highest BCUT2D eigenvalue weighted by atomic mass is 35.5. The van der Waals surface area contributed by atoms with E-state index in [1.54, 1.807) is 18.2 Å². The number of hydrogen-bond donors (Lipinski definition) is 1. The largest absolute Gasteiger partial charge is 0.383 e. The Morgan fingerprint density at radius 3 is 2.78 bits per heavy atom. The van der Waals surface area contributed by atoms with E-state index in [4.69, 9.17) is 17.3 Å². The highest BCUT2D eigenvalue weighted by Gasteiger charge is 2.13. The first-order chi connectivity index (χ1) is 8.66. The lowest BCUT2D eigenvalue weighted by molar-refractivity contribution is 0.612. The number of para-hydroxylation sites is 1. The van der Waals surface area contributed by atoms with Gasteiger partial charge in [-0.2, -0.15) is 10.1 Å². The van der Waals surface area contributed by atoms with Crippen molar-refractivity contribution < 1.29 is 4.39 Å². The molecule has 0 atom stereocenters. The molecule has 0 bridgehead atoms. The summed E-state index contributed by atoms with van der Waals surface area (Å²) in [4.78, 5) is 7.84. The van der Waals surface area contributed by atoms with E-state index in [0.29, 0.717) is 11.0 Å². The van der Waals surface area contributed by atoms with E-state index in [1.165, 1.54) is 16.9 Å². The van der Waals surface area contributed by atoms with Crippen molar-refractivity contribution in [2.45, 2.75) is 0 Å². The summed E-state index contributed by atoms with van der Waals surface area (Å²) in [5.74, 6) is -0.191. The third kappa shape index (κ3) is 1.58. The van der Waals surface area contributed by atoms with Gasteiger partial charge in [-0.05, 0) is 23.7 Å². The first-order valence-corrected chi connectivity index (χ1v) is 5.46. The number of nitrogens with two attached hydrogens (primary N) is 1. The number of aromatic nitrogens is 4. The van der Waals surface area contributed by atoms with Crippen molar-refractivity contribution in [2.75, 3.05) is 5.73 Å². The van der Waals surface area contributed by atoms with Crippen molar-refractivity contribution >= 4 is 28.5 Å². The fraction of sp³-hybridized carbons (Fsp3) is 0. The van der Waals surface area contributed by atoms with Crippen molar-refractivity contribution in [1.29, 1.82) is 0 Å². The van der Waals surface area contributed by atoms with Gasteiger partial charge in [0.05, 0.1) is 11.6 Å². The van der Waals surface area contributed by atoms with E-state index in [9.17, 15) is 4.39 Å². The molecule has 0 spiro atoms. The van der Waals surface area contributed by atoms with Crippen molar-refractivity contribution in [1.82, 2.24) is 19.7 Å². The molecule has 0 aliphatic heterocycles. The fourth-order valence-corrected chi connectivity index (χ4v) is 1.87. The third-order valence-corrected chi connectivity index (χ3v) is 2.68. The molecule has 2 heterocycles. The van der Waals surface area contributed by atoms with Gasteiger partial charge in [0.25, 0.3) is 0 Å². The Morgan fingerprint density at radius 2 is 2.00 bits per heavy atom. The van der Waals surface area contributed by atoms with Crippen molar-refractivity contribution in [3.8, 4) is 5.69 Å². The first kappa shape index (κ1) is 10.9. The normalized spacial score (nSPS) is 11.0. The Balaban J connectivity index is 2.34. The molecular weight excluding hydrogens is 257 g/mol. The van der Waals surface area contributed by atoms with Gasteiger partial charge in [-0.25, -0.2) is 14.1 Å². The molecule has 1 aromatic carbocycles. The predicted molar refractivity (Wildman–Crippen MR) is 66.0 cm³/mol. The van der Waals surface area contributed by atoms with Gasteiger partial charge in [0.1, 0.15) is 17.3 Å². The summed E-state index contributed by atoms with van der Waals surface area (Å²) in [6.45, 7) is 0. The zero-order valence-corrected chi connectivity index (χ0v) is 9.76. The Kier molecular flexibility index (Phi) is 2.38. The Labute approximate surface area is 106 Å². The summed E-state index contributed by atoms with van der Waals surface area (Å²) in [6.07, 6.45) is 1.48. The monoisotopic (exact) mass is 263 g/mol. The van der Waals surface area contributed by atoms with Crippen LogP contribution in [0.15, 0.2) is 30.5 Å². The van der Waals surface area contributed by atoms with Gasteiger partial charge in [-0.15, -0.1) is 0 Å². The molecule has 2 N–H and O–H groups in total. The van der Waals surface area contributed by atoms with Gasteiger partial charge in [0.15, 0.2) is 5.65 Å². The molecule has 0 amide bonds. The number of benzene rings is 1. The van der Waals surface area contributed by atoms with E-state index in [2.05, 4.69) is 15.1 Å². The van der Waals surface area contributed by atoms with E-state index >= 15 is 0 Å². The van der Waals surface area contributed by atoms with E-state index in [-0.39, 0.29) is 16.8 Å². The van der Waals surface area contributed by atoms with Gasteiger partial charge < -0.3 is 5.73 Å². The zero-order valence-electron chi connectivity index (χ0n) is 9.01. The Hall–Kier alpha value is -2.21. The maximum Gasteiger partial charge on any atom is 0.226 e. The van der Waals surface area contributed by atoms with Gasteiger partial charge in [0.2, 0.25) is 5.28 Å². The number of hydrogen-bond acceptors (Lipinski definition) is 4. The van der Waals surface area contributed by atoms with Crippen molar-refractivity contribution in [3.63, 3.8) is 0 Å². The molecule has 7 heteroatoms. The summed E-state index contributed by atoms with van der Waals surface area (Å²) in [5, 5.41) is 4.59. The first-order valence-electron chi connectivity index (χ1n) is 5.08. The quantitative estimate of drug-likeness (QED) is 0.683. The molecule has 0 aliphatic rings. The van der Waals surface area contributed by atoms with Crippen LogP contribution in [0.4, 0.5) is 10.2 Å². The maximum atomic E-state index is 13.7. The maximum absolute atomic E-state index is 13.7. The second-order valence-electron chi connectivity index (χ2n) is 3.62. The lowest BCUT2D eigenvalue weighted by Gasteiger charge is -2.04. The van der Waals surface area contributed by atoms with E-state index < -0.39 is 5.82 Å². The molecule has 18 heavy (non-hydrogen) atoms. The number of halogens is 2. The number of nitrogen functional groups attached to an aromatic ring is 1. The zero-order chi connectivity index (χ0) is 12.7. The molecule has 0 aliphatic carbocycles. The number of nitrogens with zero attached hydrogens (tertiary/aromatic N) is 4. The standard InChI is InChI=1S/C11H7ClFN5/c12-11-16-9(14)6-5-15-18(10(6)17-11)8-4-2-1-3-7(8)13/h1-5H,(H2,14,16,17). The topological polar surface area (TPSA) is 69.6 Å². The predicted octanol–water partition coefficient (Wildman–Crippen LogP) is 2.19. The van der Waals surface area contributed by atoms with Crippen LogP contribution in [0.5, 0.6) is 0 Å². The molecule has 0 saturated heterocycles. The molecule has 3 rings (SSSR count). The van der Waals surface area contributed by atoms with Gasteiger partial charge in [0, 0.05) is 0 Å². The highest BCUT2D eigenvalue weighted by molar-refractivity contribution is 6.28. The van der Waals surface area contributed by atoms with Gasteiger partial charge in [-0.1, -0.05) is 12.1 Å². The molecular formula is C11H7ClFN5. The Morgan fingerprint density at radius 1 is 1.22 bits per heavy atom. The Bertz CT molecular complexity index is 739. The number of anilines is 1. The number of rotatable bonds is 1. The third-order valence-electron chi connectivity index (χ3n) is 2.51. The van der Waals surface area contributed by atoms with Crippen LogP contribution in [-0.4, -0.2) is 19.7 Å². The molecule has 0 radical (unpaired) electrons. The van der Waals surface area contributed by atoms with Crippen LogP contribution in [0.3, 0.4) is 0 Å². The molecule has 5 nitrogen and oxygen atoms in total. The summed E-state index contributed by atoms with van der Waals surface area (Å²) in [6, 6.07) is 6.24. The van der Waals surface area contributed by atoms with Gasteiger partial charge >= 0.3 is 0 Å². The van der Waals surface area contributed by atoms with Crippen LogP contribution in [-0.2, 0) is 0 Å². The molecule has 3 aromatic rings. The average molecular weight is 264 g/mol. The van der Waals surface area contributed by atoms with Crippen LogP contribution < -0.4 is 5.73 Å². The molecule has 0 unspecified atom stereocenters. The summed E-state index contributed by atoms with van der Waals surface area (Å²) >= 11 is 5.74. The van der Waals surface area contributed by atoms with Crippen molar-refractivity contribution in [2.24, 2.45) is 0 Å². The lowest BCUT2D eigenvalue weighted by atomic mass is 10.3. The van der Waals surface area contributed by atoms with Crippen LogP contribution >= 0.6 is 11.6 Å². The molecule has 0 fully saturated rings. The fourth-order valence-electron chi connectivity index (χ4n) is 1.70. The molecule has 0 saturated carbocycles. The molecule has 2 aromatic heterocycles. The average Bonchev–Trinajstić information content (AvgIpc) is 2.73. The van der Waals surface area contributed by atoms with Crippen LogP contribution in [0.1, 0.15) is 0 Å². The minimum atomic E-state index is -0.407. The lowest BCUT2D eigenvalue weighted by Crippen LogP contribution is -2.02. The van der Waals surface area contributed by atoms with Crippen LogP contribution in [0.25, 0.3) is 16.7 Å². The van der Waals surface area contributed by atoms with Gasteiger partial charge in [-0.3, -0.25) is 0 Å². The highest BCUT2D eigenvalue weighted by Crippen LogP contribution is 2.23. The minimum Gasteiger partial charge on any atom is -0.383 e. The smallest absolute Gasteiger partial charge is 0.226 e.